The fraction of sp³-hybridized carbons (Fsp3) is 0. The predicted octanol–water partition coefficient (Wildman–Crippen LogP) is 16.1. The van der Waals surface area contributed by atoms with Crippen molar-refractivity contribution in [2.24, 2.45) is 0 Å². The smallest absolute Gasteiger partial charge is 0.140 e. The Kier molecular flexibility index (Phi) is 6.04. The molecule has 5 aromatic heterocycles. The second kappa shape index (κ2) is 13.6. The molecule has 0 saturated heterocycles. The van der Waals surface area contributed by atoms with E-state index in [1.165, 1.54) is 19.4 Å². The molecule has 0 radical (unpaired) electrons. The Morgan fingerprint density at radius 3 is 1.44 bits per heavy atom. The molecule has 0 N–H and O–H groups in total. The lowest BCUT2D eigenvalue weighted by molar-refractivity contribution is 1.01. The van der Waals surface area contributed by atoms with Crippen LogP contribution in [0.25, 0.3) is 125 Å². The third kappa shape index (κ3) is 5.07. The SMILES string of the molecule is [2H]c1c([2H])c([2H])c2c(c1[2H])c1c([2H])c([2H])c([2H])c([2H])c1n2-c1cc(-c2c(-c3ccc4sc5ccccc5c4c3)cccc2-n2c3ccccc3c3ccccc32)cc(-n2c3ccccc3c3ccccc32)n1. The molecule has 0 amide bonds. The van der Waals surface area contributed by atoms with Crippen LogP contribution in [0, 0.1) is 0 Å². The summed E-state index contributed by atoms with van der Waals surface area (Å²) < 4.78 is 81.3. The van der Waals surface area contributed by atoms with Crippen LogP contribution in [0.15, 0.2) is 218 Å². The Labute approximate surface area is 383 Å². The topological polar surface area (TPSA) is 27.7 Å². The van der Waals surface area contributed by atoms with E-state index in [-0.39, 0.29) is 27.6 Å². The first-order valence-corrected chi connectivity index (χ1v) is 22.0. The van der Waals surface area contributed by atoms with Crippen molar-refractivity contribution >= 4 is 96.9 Å². The van der Waals surface area contributed by atoms with Gasteiger partial charge in [-0.3, -0.25) is 9.13 Å². The van der Waals surface area contributed by atoms with Gasteiger partial charge in [0.1, 0.15) is 11.6 Å². The van der Waals surface area contributed by atoms with Gasteiger partial charge in [-0.2, -0.15) is 0 Å². The quantitative estimate of drug-likeness (QED) is 0.170. The van der Waals surface area contributed by atoms with E-state index in [4.69, 9.17) is 10.5 Å². The molecule has 14 rings (SSSR count). The van der Waals surface area contributed by atoms with Crippen LogP contribution in [0.3, 0.4) is 0 Å². The zero-order valence-electron chi connectivity index (χ0n) is 41.9. The number of aromatic nitrogens is 4. The van der Waals surface area contributed by atoms with E-state index in [0.717, 1.165) is 71.4 Å². The van der Waals surface area contributed by atoms with Gasteiger partial charge in [-0.1, -0.05) is 145 Å². The van der Waals surface area contributed by atoms with Gasteiger partial charge in [0.05, 0.1) is 49.8 Å². The van der Waals surface area contributed by atoms with Crippen LogP contribution in [0.4, 0.5) is 0 Å². The van der Waals surface area contributed by atoms with Crippen molar-refractivity contribution in [2.75, 3.05) is 0 Å². The predicted molar refractivity (Wildman–Crippen MR) is 271 cm³/mol. The van der Waals surface area contributed by atoms with Gasteiger partial charge in [0.15, 0.2) is 0 Å². The average Bonchev–Trinajstić information content (AvgIpc) is 4.17. The summed E-state index contributed by atoms with van der Waals surface area (Å²) in [7, 11) is 0. The number of benzene rings is 9. The van der Waals surface area contributed by atoms with Gasteiger partial charge in [0.25, 0.3) is 0 Å². The molecule has 0 aliphatic carbocycles. The van der Waals surface area contributed by atoms with Crippen LogP contribution in [-0.2, 0) is 0 Å². The molecule has 0 saturated carbocycles. The fourth-order valence-corrected chi connectivity index (χ4v) is 11.1. The molecule has 0 spiro atoms. The molecule has 0 aliphatic rings. The summed E-state index contributed by atoms with van der Waals surface area (Å²) >= 11 is 1.76. The molecule has 4 nitrogen and oxygen atoms in total. The monoisotopic (exact) mass is 840 g/mol. The van der Waals surface area contributed by atoms with Crippen LogP contribution in [-0.4, -0.2) is 18.7 Å². The summed E-state index contributed by atoms with van der Waals surface area (Å²) in [5, 5.41) is 6.45. The maximum atomic E-state index is 9.50. The van der Waals surface area contributed by atoms with E-state index in [0.29, 0.717) is 11.4 Å². The third-order valence-corrected chi connectivity index (χ3v) is 13.9. The van der Waals surface area contributed by atoms with Gasteiger partial charge in [0, 0.05) is 58.1 Å². The van der Waals surface area contributed by atoms with E-state index in [1.54, 1.807) is 11.3 Å². The van der Waals surface area contributed by atoms with Crippen LogP contribution >= 0.6 is 11.3 Å². The normalized spacial score (nSPS) is 13.8. The highest BCUT2D eigenvalue weighted by Gasteiger charge is 2.23. The Morgan fingerprint density at radius 2 is 0.844 bits per heavy atom. The first kappa shape index (κ1) is 28.4. The molecule has 9 aromatic carbocycles. The fourth-order valence-electron chi connectivity index (χ4n) is 10.0. The Bertz CT molecular complexity index is 4510. The van der Waals surface area contributed by atoms with Crippen molar-refractivity contribution < 1.29 is 11.0 Å². The van der Waals surface area contributed by atoms with E-state index in [1.807, 2.05) is 42.5 Å². The molecular formula is C59H36N4S. The molecule has 5 heteroatoms. The first-order valence-electron chi connectivity index (χ1n) is 25.1. The summed E-state index contributed by atoms with van der Waals surface area (Å²) in [4.78, 5) is 5.47. The van der Waals surface area contributed by atoms with Crippen LogP contribution in [0.2, 0.25) is 0 Å². The van der Waals surface area contributed by atoms with Gasteiger partial charge < -0.3 is 4.57 Å². The lowest BCUT2D eigenvalue weighted by Gasteiger charge is -2.21. The maximum Gasteiger partial charge on any atom is 0.140 e. The van der Waals surface area contributed by atoms with Crippen LogP contribution in [0.1, 0.15) is 11.0 Å². The maximum absolute atomic E-state index is 9.50. The van der Waals surface area contributed by atoms with E-state index in [9.17, 15) is 5.48 Å². The van der Waals surface area contributed by atoms with E-state index < -0.39 is 48.3 Å². The van der Waals surface area contributed by atoms with Gasteiger partial charge in [-0.25, -0.2) is 4.98 Å². The molecule has 0 atom stereocenters. The van der Waals surface area contributed by atoms with Gasteiger partial charge in [-0.15, -0.1) is 11.3 Å². The second-order valence-corrected chi connectivity index (χ2v) is 17.2. The average molecular weight is 841 g/mol. The van der Waals surface area contributed by atoms with Crippen molar-refractivity contribution in [3.63, 3.8) is 0 Å². The van der Waals surface area contributed by atoms with Crippen LogP contribution < -0.4 is 0 Å². The lowest BCUT2D eigenvalue weighted by atomic mass is 9.92. The molecule has 14 aromatic rings. The summed E-state index contributed by atoms with van der Waals surface area (Å²) in [6.07, 6.45) is 0. The summed E-state index contributed by atoms with van der Waals surface area (Å²) in [6, 6.07) is 54.8. The van der Waals surface area contributed by atoms with Crippen molar-refractivity contribution in [1.29, 1.82) is 0 Å². The number of hydrogen-bond donors (Lipinski definition) is 0. The Hall–Kier alpha value is -8.25. The van der Waals surface area contributed by atoms with Crippen LogP contribution in [0.5, 0.6) is 0 Å². The Morgan fingerprint density at radius 1 is 0.359 bits per heavy atom. The highest BCUT2D eigenvalue weighted by molar-refractivity contribution is 7.25. The number of fused-ring (bicyclic) bond motifs is 12. The van der Waals surface area contributed by atoms with E-state index >= 15 is 0 Å². The standard InChI is InChI=1S/C59H36N4S/c1-8-24-48-40(16-1)41-17-2-9-25-49(41)61(48)54-30-15-23-39(37-32-33-56-47(34-37)46-22-7-14-31-55(46)64-56)59(54)38-35-57(62-50-26-10-3-18-42(50)43-19-4-11-27-51(43)62)60-58(36-38)63-52-28-12-5-20-44(52)45-21-6-13-29-53(45)63/h1-36H/i3D,4D,10D,11D,18D,19D,26D,27D. The molecule has 0 fully saturated rings. The first-order chi connectivity index (χ1) is 35.1. The molecule has 0 aliphatic heterocycles. The third-order valence-electron chi connectivity index (χ3n) is 12.7. The molecule has 0 bridgehead atoms. The Balaban J connectivity index is 1.19. The van der Waals surface area contributed by atoms with Gasteiger partial charge in [-0.05, 0) is 89.4 Å². The summed E-state index contributed by atoms with van der Waals surface area (Å²) in [5.41, 5.74) is 8.06. The highest BCUT2D eigenvalue weighted by Crippen LogP contribution is 2.45. The minimum absolute atomic E-state index is 0.00786. The summed E-state index contributed by atoms with van der Waals surface area (Å²) in [5.74, 6) is 0.681. The zero-order valence-corrected chi connectivity index (χ0v) is 34.7. The lowest BCUT2D eigenvalue weighted by Crippen LogP contribution is -2.06. The number of thiophene rings is 1. The zero-order chi connectivity index (χ0) is 48.8. The molecular weight excluding hydrogens is 797 g/mol. The highest BCUT2D eigenvalue weighted by atomic mass is 32.1. The molecule has 298 valence electrons. The number of para-hydroxylation sites is 6. The number of nitrogens with zero attached hydrogens (tertiary/aromatic N) is 4. The van der Waals surface area contributed by atoms with Crippen molar-refractivity contribution in [2.45, 2.75) is 0 Å². The minimum Gasteiger partial charge on any atom is -0.309 e. The molecule has 64 heavy (non-hydrogen) atoms. The molecule has 5 heterocycles. The van der Waals surface area contributed by atoms with Crippen molar-refractivity contribution in [3.05, 3.63) is 218 Å². The largest absolute Gasteiger partial charge is 0.309 e. The second-order valence-electron chi connectivity index (χ2n) is 16.1. The van der Waals surface area contributed by atoms with Crippen molar-refractivity contribution in [1.82, 2.24) is 18.7 Å². The number of hydrogen-bond acceptors (Lipinski definition) is 2. The number of rotatable bonds is 5. The van der Waals surface area contributed by atoms with Gasteiger partial charge >= 0.3 is 0 Å². The van der Waals surface area contributed by atoms with E-state index in [2.05, 4.69) is 137 Å². The van der Waals surface area contributed by atoms with Gasteiger partial charge in [0.2, 0.25) is 0 Å². The van der Waals surface area contributed by atoms with Crippen molar-refractivity contribution in [3.8, 4) is 39.6 Å². The molecule has 0 unspecified atom stereocenters. The summed E-state index contributed by atoms with van der Waals surface area (Å²) in [6.45, 7) is 0. The number of pyridine rings is 1. The minimum atomic E-state index is -0.508.